The molecule has 5 heteroatoms. The molecule has 0 aliphatic heterocycles. The molecule has 0 N–H and O–H groups in total. The highest BCUT2D eigenvalue weighted by Gasteiger charge is 2.08. The fourth-order valence-electron chi connectivity index (χ4n) is 1.44. The van der Waals surface area contributed by atoms with Gasteiger partial charge in [0.1, 0.15) is 5.75 Å². The molecule has 0 aliphatic rings. The Morgan fingerprint density at radius 1 is 1.37 bits per heavy atom. The zero-order valence-corrected chi connectivity index (χ0v) is 12.8. The van der Waals surface area contributed by atoms with E-state index in [0.29, 0.717) is 18.1 Å². The fourth-order valence-corrected chi connectivity index (χ4v) is 2.51. The summed E-state index contributed by atoms with van der Waals surface area (Å²) in [6.07, 6.45) is 1.40. The Morgan fingerprint density at radius 3 is 2.68 bits per heavy atom. The SMILES string of the molecule is COC(=O)CC(C)SCCCOc1ccc(Cl)cc1. The Bertz CT molecular complexity index is 381. The number of thioether (sulfide) groups is 1. The van der Waals surface area contributed by atoms with Crippen LogP contribution in [0.2, 0.25) is 5.02 Å². The molecule has 0 bridgehead atoms. The maximum absolute atomic E-state index is 11.1. The van der Waals surface area contributed by atoms with E-state index in [9.17, 15) is 4.79 Å². The van der Waals surface area contributed by atoms with Crippen LogP contribution >= 0.6 is 23.4 Å². The summed E-state index contributed by atoms with van der Waals surface area (Å²) in [5.74, 6) is 1.64. The zero-order valence-electron chi connectivity index (χ0n) is 11.2. The van der Waals surface area contributed by atoms with Crippen molar-refractivity contribution in [1.82, 2.24) is 0 Å². The van der Waals surface area contributed by atoms with Crippen molar-refractivity contribution in [3.63, 3.8) is 0 Å². The second kappa shape index (κ2) is 9.10. The number of hydrogen-bond donors (Lipinski definition) is 0. The summed E-state index contributed by atoms with van der Waals surface area (Å²) in [7, 11) is 1.42. The third-order valence-electron chi connectivity index (χ3n) is 2.46. The monoisotopic (exact) mass is 302 g/mol. The maximum atomic E-state index is 11.1. The summed E-state index contributed by atoms with van der Waals surface area (Å²) in [4.78, 5) is 11.1. The third-order valence-corrected chi connectivity index (χ3v) is 3.97. The highest BCUT2D eigenvalue weighted by Crippen LogP contribution is 2.17. The van der Waals surface area contributed by atoms with Crippen molar-refractivity contribution >= 4 is 29.3 Å². The van der Waals surface area contributed by atoms with Gasteiger partial charge in [-0.15, -0.1) is 0 Å². The number of benzene rings is 1. The van der Waals surface area contributed by atoms with E-state index in [2.05, 4.69) is 4.74 Å². The van der Waals surface area contributed by atoms with Crippen molar-refractivity contribution < 1.29 is 14.3 Å². The van der Waals surface area contributed by atoms with Gasteiger partial charge in [0, 0.05) is 10.3 Å². The maximum Gasteiger partial charge on any atom is 0.306 e. The number of rotatable bonds is 8. The van der Waals surface area contributed by atoms with Crippen molar-refractivity contribution in [3.8, 4) is 5.75 Å². The Balaban J connectivity index is 2.08. The predicted molar refractivity (Wildman–Crippen MR) is 80.1 cm³/mol. The molecule has 0 amide bonds. The largest absolute Gasteiger partial charge is 0.494 e. The summed E-state index contributed by atoms with van der Waals surface area (Å²) >= 11 is 7.54. The van der Waals surface area contributed by atoms with E-state index < -0.39 is 0 Å². The molecule has 106 valence electrons. The minimum absolute atomic E-state index is 0.155. The number of methoxy groups -OCH3 is 1. The fraction of sp³-hybridized carbons (Fsp3) is 0.500. The van der Waals surface area contributed by atoms with Gasteiger partial charge in [0.2, 0.25) is 0 Å². The van der Waals surface area contributed by atoms with E-state index in [1.165, 1.54) is 7.11 Å². The molecule has 0 heterocycles. The Kier molecular flexibility index (Phi) is 7.75. The highest BCUT2D eigenvalue weighted by molar-refractivity contribution is 7.99. The molecular weight excluding hydrogens is 284 g/mol. The third kappa shape index (κ3) is 7.33. The molecule has 0 saturated heterocycles. The minimum Gasteiger partial charge on any atom is -0.494 e. The van der Waals surface area contributed by atoms with Crippen molar-refractivity contribution in [3.05, 3.63) is 29.3 Å². The van der Waals surface area contributed by atoms with E-state index in [-0.39, 0.29) is 11.2 Å². The van der Waals surface area contributed by atoms with Crippen LogP contribution in [0.1, 0.15) is 19.8 Å². The van der Waals surface area contributed by atoms with Gasteiger partial charge in [-0.3, -0.25) is 4.79 Å². The van der Waals surface area contributed by atoms with Gasteiger partial charge in [-0.05, 0) is 36.4 Å². The van der Waals surface area contributed by atoms with Crippen LogP contribution < -0.4 is 4.74 Å². The van der Waals surface area contributed by atoms with Crippen LogP contribution in [0.25, 0.3) is 0 Å². The molecule has 0 spiro atoms. The van der Waals surface area contributed by atoms with Gasteiger partial charge in [-0.1, -0.05) is 18.5 Å². The van der Waals surface area contributed by atoms with Crippen molar-refractivity contribution in [2.24, 2.45) is 0 Å². The highest BCUT2D eigenvalue weighted by atomic mass is 35.5. The van der Waals surface area contributed by atoms with Gasteiger partial charge >= 0.3 is 5.97 Å². The lowest BCUT2D eigenvalue weighted by Crippen LogP contribution is -2.09. The van der Waals surface area contributed by atoms with Crippen LogP contribution in [0, 0.1) is 0 Å². The van der Waals surface area contributed by atoms with Gasteiger partial charge in [0.15, 0.2) is 0 Å². The van der Waals surface area contributed by atoms with Gasteiger partial charge < -0.3 is 9.47 Å². The molecule has 1 unspecified atom stereocenters. The molecule has 0 aromatic heterocycles. The second-order valence-electron chi connectivity index (χ2n) is 4.12. The summed E-state index contributed by atoms with van der Waals surface area (Å²) in [6.45, 7) is 2.70. The zero-order chi connectivity index (χ0) is 14.1. The lowest BCUT2D eigenvalue weighted by molar-refractivity contribution is -0.140. The Labute approximate surface area is 123 Å². The molecule has 19 heavy (non-hydrogen) atoms. The van der Waals surface area contributed by atoms with Crippen molar-refractivity contribution in [1.29, 1.82) is 0 Å². The Hall–Kier alpha value is -0.870. The van der Waals surface area contributed by atoms with E-state index in [0.717, 1.165) is 17.9 Å². The molecule has 0 radical (unpaired) electrons. The van der Waals surface area contributed by atoms with Crippen LogP contribution in [-0.4, -0.2) is 30.7 Å². The van der Waals surface area contributed by atoms with Gasteiger partial charge in [0.05, 0.1) is 20.1 Å². The minimum atomic E-state index is -0.155. The average molecular weight is 303 g/mol. The molecule has 1 aromatic rings. The molecule has 0 aliphatic carbocycles. The summed E-state index contributed by atoms with van der Waals surface area (Å²) in [6, 6.07) is 7.33. The normalized spacial score (nSPS) is 11.9. The molecule has 3 nitrogen and oxygen atoms in total. The predicted octanol–water partition coefficient (Wildman–Crippen LogP) is 3.79. The summed E-state index contributed by atoms with van der Waals surface area (Å²) < 4.78 is 10.2. The van der Waals surface area contributed by atoms with E-state index in [4.69, 9.17) is 16.3 Å². The standard InChI is InChI=1S/C14H19ClO3S/c1-11(10-14(16)17-2)19-9-3-8-18-13-6-4-12(15)5-7-13/h4-7,11H,3,8-10H2,1-2H3. The van der Waals surface area contributed by atoms with Crippen LogP contribution in [0.3, 0.4) is 0 Å². The molecule has 1 atom stereocenters. The molecule has 0 fully saturated rings. The lowest BCUT2D eigenvalue weighted by atomic mass is 10.3. The second-order valence-corrected chi connectivity index (χ2v) is 6.10. The van der Waals surface area contributed by atoms with Gasteiger partial charge in [-0.2, -0.15) is 11.8 Å². The topological polar surface area (TPSA) is 35.5 Å². The first-order valence-corrected chi connectivity index (χ1v) is 7.61. The summed E-state index contributed by atoms with van der Waals surface area (Å²) in [5.41, 5.74) is 0. The molecule has 0 saturated carbocycles. The number of ether oxygens (including phenoxy) is 2. The summed E-state index contributed by atoms with van der Waals surface area (Å²) in [5, 5.41) is 0.988. The first-order valence-electron chi connectivity index (χ1n) is 6.18. The quantitative estimate of drug-likeness (QED) is 0.540. The number of carbonyl (C=O) groups excluding carboxylic acids is 1. The first-order chi connectivity index (χ1) is 9.11. The van der Waals surface area contributed by atoms with Crippen LogP contribution in [0.15, 0.2) is 24.3 Å². The Morgan fingerprint density at radius 2 is 2.05 bits per heavy atom. The van der Waals surface area contributed by atoms with Crippen molar-refractivity contribution in [2.75, 3.05) is 19.5 Å². The molecular formula is C14H19ClO3S. The van der Waals surface area contributed by atoms with Crippen LogP contribution in [0.5, 0.6) is 5.75 Å². The number of carbonyl (C=O) groups is 1. The number of esters is 1. The molecule has 1 rings (SSSR count). The smallest absolute Gasteiger partial charge is 0.306 e. The van der Waals surface area contributed by atoms with Crippen LogP contribution in [0.4, 0.5) is 0 Å². The van der Waals surface area contributed by atoms with E-state index >= 15 is 0 Å². The van der Waals surface area contributed by atoms with Crippen molar-refractivity contribution in [2.45, 2.75) is 25.0 Å². The van der Waals surface area contributed by atoms with Crippen LogP contribution in [-0.2, 0) is 9.53 Å². The average Bonchev–Trinajstić information content (AvgIpc) is 2.40. The number of halogens is 1. The lowest BCUT2D eigenvalue weighted by Gasteiger charge is -2.10. The first kappa shape index (κ1) is 16.2. The molecule has 1 aromatic carbocycles. The van der Waals surface area contributed by atoms with Gasteiger partial charge in [0.25, 0.3) is 0 Å². The van der Waals surface area contributed by atoms with E-state index in [1.54, 1.807) is 11.8 Å². The number of hydrogen-bond acceptors (Lipinski definition) is 4. The van der Waals surface area contributed by atoms with E-state index in [1.807, 2.05) is 31.2 Å². The van der Waals surface area contributed by atoms with Gasteiger partial charge in [-0.25, -0.2) is 0 Å².